The van der Waals surface area contributed by atoms with Gasteiger partial charge < -0.3 is 0 Å². The number of piperazine rings is 1. The van der Waals surface area contributed by atoms with E-state index < -0.39 is 0 Å². The van der Waals surface area contributed by atoms with Crippen LogP contribution in [0.2, 0.25) is 0 Å². The Morgan fingerprint density at radius 1 is 0.786 bits per heavy atom. The molecule has 1 aromatic rings. The second-order valence-electron chi connectivity index (χ2n) is 5.17. The summed E-state index contributed by atoms with van der Waals surface area (Å²) >= 11 is 0. The van der Waals surface area contributed by atoms with E-state index in [9.17, 15) is 0 Å². The summed E-state index contributed by atoms with van der Waals surface area (Å²) in [6, 6.07) is 8.97. The summed E-state index contributed by atoms with van der Waals surface area (Å²) in [5.74, 6) is 0. The fourth-order valence-corrected chi connectivity index (χ4v) is 2.97. The molecular formula is C12H18N2+2. The van der Waals surface area contributed by atoms with E-state index in [1.54, 1.807) is 11.4 Å². The van der Waals surface area contributed by atoms with Crippen LogP contribution >= 0.6 is 0 Å². The Balaban J connectivity index is 2.28. The van der Waals surface area contributed by atoms with Crippen molar-refractivity contribution in [2.45, 2.75) is 0 Å². The third-order valence-electron chi connectivity index (χ3n) is 4.22. The molecule has 2 heteroatoms. The van der Waals surface area contributed by atoms with Gasteiger partial charge in [0.15, 0.2) is 11.4 Å². The van der Waals surface area contributed by atoms with Gasteiger partial charge in [-0.15, -0.1) is 0 Å². The van der Waals surface area contributed by atoms with Crippen LogP contribution < -0.4 is 8.97 Å². The fraction of sp³-hybridized carbons (Fsp3) is 0.500. The molecule has 2 nitrogen and oxygen atoms in total. The van der Waals surface area contributed by atoms with Gasteiger partial charge in [0, 0.05) is 12.1 Å². The molecule has 0 amide bonds. The predicted octanol–water partition coefficient (Wildman–Crippen LogP) is 1.59. The largest absolute Gasteiger partial charge is 0.279 e. The van der Waals surface area contributed by atoms with Crippen molar-refractivity contribution in [3.8, 4) is 0 Å². The first-order valence-corrected chi connectivity index (χ1v) is 5.43. The first-order valence-electron chi connectivity index (χ1n) is 5.43. The number of nitrogens with zero attached hydrogens (tertiary/aromatic N) is 2. The SMILES string of the molecule is C[N+]12CC[N+](C)(CC1)c1ccccc12. The maximum absolute atomic E-state index is 2.38. The van der Waals surface area contributed by atoms with Gasteiger partial charge in [0.05, 0.1) is 14.1 Å². The third-order valence-corrected chi connectivity index (χ3v) is 4.22. The minimum Gasteiger partial charge on any atom is -0.279 e. The molecule has 1 aromatic carbocycles. The monoisotopic (exact) mass is 190 g/mol. The Hall–Kier alpha value is -0.860. The highest BCUT2D eigenvalue weighted by molar-refractivity contribution is 5.70. The zero-order valence-electron chi connectivity index (χ0n) is 9.03. The van der Waals surface area contributed by atoms with Gasteiger partial charge in [-0.2, -0.15) is 0 Å². The Morgan fingerprint density at radius 3 is 1.50 bits per heavy atom. The topological polar surface area (TPSA) is 0 Å². The number of benzene rings is 1. The van der Waals surface area contributed by atoms with Gasteiger partial charge >= 0.3 is 0 Å². The Morgan fingerprint density at radius 2 is 1.14 bits per heavy atom. The lowest BCUT2D eigenvalue weighted by atomic mass is 10.0. The lowest BCUT2D eigenvalue weighted by Crippen LogP contribution is -2.70. The highest BCUT2D eigenvalue weighted by Crippen LogP contribution is 2.43. The van der Waals surface area contributed by atoms with Gasteiger partial charge in [-0.1, -0.05) is 12.1 Å². The molecule has 0 aromatic heterocycles. The van der Waals surface area contributed by atoms with E-state index in [2.05, 4.69) is 38.4 Å². The van der Waals surface area contributed by atoms with E-state index >= 15 is 0 Å². The minimum absolute atomic E-state index is 1.16. The molecule has 1 saturated heterocycles. The molecule has 2 bridgehead atoms. The van der Waals surface area contributed by atoms with E-state index in [-0.39, 0.29) is 0 Å². The van der Waals surface area contributed by atoms with Crippen molar-refractivity contribution >= 4 is 11.4 Å². The normalized spacial score (nSPS) is 39.6. The molecule has 14 heavy (non-hydrogen) atoms. The number of hydrogen-bond donors (Lipinski definition) is 0. The molecule has 74 valence electrons. The molecule has 1 fully saturated rings. The van der Waals surface area contributed by atoms with Crippen molar-refractivity contribution in [3.63, 3.8) is 0 Å². The van der Waals surface area contributed by atoms with Crippen LogP contribution in [0, 0.1) is 0 Å². The van der Waals surface area contributed by atoms with Crippen molar-refractivity contribution in [3.05, 3.63) is 24.3 Å². The molecule has 0 unspecified atom stereocenters. The predicted molar refractivity (Wildman–Crippen MR) is 61.3 cm³/mol. The van der Waals surface area contributed by atoms with Crippen molar-refractivity contribution in [2.24, 2.45) is 0 Å². The smallest absolute Gasteiger partial charge is 0.194 e. The molecule has 3 aliphatic heterocycles. The molecule has 3 heterocycles. The molecule has 4 rings (SSSR count). The van der Waals surface area contributed by atoms with Gasteiger partial charge in [-0.3, -0.25) is 8.97 Å². The van der Waals surface area contributed by atoms with Gasteiger partial charge in [0.25, 0.3) is 0 Å². The average Bonchev–Trinajstić information content (AvgIpc) is 2.22. The summed E-state index contributed by atoms with van der Waals surface area (Å²) in [7, 11) is 4.75. The van der Waals surface area contributed by atoms with E-state index in [1.807, 2.05) is 0 Å². The second-order valence-corrected chi connectivity index (χ2v) is 5.17. The van der Waals surface area contributed by atoms with Crippen LogP contribution in [0.4, 0.5) is 11.4 Å². The molecule has 0 aliphatic carbocycles. The fourth-order valence-electron chi connectivity index (χ4n) is 2.97. The zero-order chi connectivity index (χ0) is 9.81. The van der Waals surface area contributed by atoms with Crippen LogP contribution in [0.3, 0.4) is 0 Å². The van der Waals surface area contributed by atoms with E-state index in [4.69, 9.17) is 0 Å². The minimum atomic E-state index is 1.16. The number of quaternary nitrogens is 2. The van der Waals surface area contributed by atoms with Crippen molar-refractivity contribution in [1.29, 1.82) is 0 Å². The summed E-state index contributed by atoms with van der Waals surface area (Å²) in [6.07, 6.45) is 0. The maximum Gasteiger partial charge on any atom is 0.194 e. The number of fused-ring (bicyclic) bond motifs is 2. The third kappa shape index (κ3) is 0.877. The van der Waals surface area contributed by atoms with Crippen LogP contribution in [0.25, 0.3) is 0 Å². The van der Waals surface area contributed by atoms with Crippen molar-refractivity contribution in [1.82, 2.24) is 8.97 Å². The molecule has 0 atom stereocenters. The van der Waals surface area contributed by atoms with Gasteiger partial charge in [0.1, 0.15) is 26.2 Å². The van der Waals surface area contributed by atoms with E-state index in [0.717, 1.165) is 8.97 Å². The molecule has 0 N–H and O–H groups in total. The number of hydrogen-bond acceptors (Lipinski definition) is 0. The van der Waals surface area contributed by atoms with Crippen LogP contribution in [0.5, 0.6) is 0 Å². The van der Waals surface area contributed by atoms with Crippen LogP contribution in [-0.4, -0.2) is 40.3 Å². The average molecular weight is 190 g/mol. The molecule has 0 saturated carbocycles. The van der Waals surface area contributed by atoms with E-state index in [1.165, 1.54) is 26.2 Å². The first-order chi connectivity index (χ1) is 6.64. The Labute approximate surface area is 85.5 Å². The highest BCUT2D eigenvalue weighted by atomic mass is 15.5. The Bertz CT molecular complexity index is 339. The molecular weight excluding hydrogens is 172 g/mol. The molecule has 0 radical (unpaired) electrons. The first kappa shape index (κ1) is 8.45. The van der Waals surface area contributed by atoms with Crippen molar-refractivity contribution < 1.29 is 0 Å². The summed E-state index contributed by atoms with van der Waals surface area (Å²) in [5.41, 5.74) is 3.10. The van der Waals surface area contributed by atoms with E-state index in [0.29, 0.717) is 0 Å². The standard InChI is InChI=1S/C12H18N2/c1-13-7-9-14(2,10-8-13)12-6-4-3-5-11(12)13/h3-6H,7-10H2,1-2H3/q+2. The number of likely N-dealkylation sites (N-methyl/N-ethyl adjacent to an activating group) is 2. The van der Waals surface area contributed by atoms with Crippen LogP contribution in [-0.2, 0) is 0 Å². The summed E-state index contributed by atoms with van der Waals surface area (Å²) in [5, 5.41) is 0. The van der Waals surface area contributed by atoms with Gasteiger partial charge in [-0.25, -0.2) is 0 Å². The second kappa shape index (κ2) is 2.38. The van der Waals surface area contributed by atoms with Crippen LogP contribution in [0.1, 0.15) is 0 Å². The Kier molecular flexibility index (Phi) is 1.44. The van der Waals surface area contributed by atoms with Crippen molar-refractivity contribution in [2.75, 3.05) is 40.3 Å². The van der Waals surface area contributed by atoms with Gasteiger partial charge in [0.2, 0.25) is 0 Å². The molecule has 0 spiro atoms. The van der Waals surface area contributed by atoms with Crippen LogP contribution in [0.15, 0.2) is 24.3 Å². The lowest BCUT2D eigenvalue weighted by molar-refractivity contribution is 0.153. The number of para-hydroxylation sites is 2. The summed E-state index contributed by atoms with van der Waals surface area (Å²) < 4.78 is 2.31. The zero-order valence-corrected chi connectivity index (χ0v) is 9.03. The quantitative estimate of drug-likeness (QED) is 0.545. The summed E-state index contributed by atoms with van der Waals surface area (Å²) in [6.45, 7) is 5.20. The summed E-state index contributed by atoms with van der Waals surface area (Å²) in [4.78, 5) is 0. The molecule has 3 aliphatic rings. The number of rotatable bonds is 0. The lowest BCUT2D eigenvalue weighted by Gasteiger charge is -2.51. The van der Waals surface area contributed by atoms with Gasteiger partial charge in [-0.05, 0) is 0 Å². The highest BCUT2D eigenvalue weighted by Gasteiger charge is 2.49. The maximum atomic E-state index is 2.38.